The molecule has 1 nitrogen and oxygen atoms in total. The Hall–Kier alpha value is -0.0151. The highest BCUT2D eigenvalue weighted by atomic mass is 27.3. The standard InChI is InChI=1S/4C3H5.2Al.O/c4*1-3-2;;;/h4*3H,1-2H2;;;. The highest BCUT2D eigenvalue weighted by molar-refractivity contribution is 6.67. The van der Waals surface area contributed by atoms with Gasteiger partial charge >= 0.3 is 29.0 Å². The van der Waals surface area contributed by atoms with E-state index in [1.54, 1.807) is 0 Å². The monoisotopic (exact) mass is 234 g/mol. The van der Waals surface area contributed by atoms with E-state index in [4.69, 9.17) is 2.84 Å². The molecule has 0 rings (SSSR count). The first-order valence-corrected chi connectivity index (χ1v) is 9.58. The van der Waals surface area contributed by atoms with Gasteiger partial charge in [-0.25, -0.2) is 0 Å². The lowest BCUT2D eigenvalue weighted by molar-refractivity contribution is 0.588. The van der Waals surface area contributed by atoms with Gasteiger partial charge < -0.3 is 2.84 Å². The fraction of sp³-hybridized carbons (Fsp3) is 0.333. The normalized spacial score (nSPS) is 9.07. The van der Waals surface area contributed by atoms with Crippen LogP contribution in [0.1, 0.15) is 0 Å². The van der Waals surface area contributed by atoms with Crippen molar-refractivity contribution in [2.45, 2.75) is 21.1 Å². The molecule has 0 bridgehead atoms. The van der Waals surface area contributed by atoms with Crippen LogP contribution >= 0.6 is 0 Å². The maximum atomic E-state index is 6.20. The molecule has 0 heterocycles. The van der Waals surface area contributed by atoms with Gasteiger partial charge in [-0.05, 0) is 0 Å². The highest BCUT2D eigenvalue weighted by Crippen LogP contribution is 2.10. The van der Waals surface area contributed by atoms with Crippen molar-refractivity contribution in [2.24, 2.45) is 0 Å². The third kappa shape index (κ3) is 7.86. The predicted octanol–water partition coefficient (Wildman–Crippen LogP) is 3.73. The molecule has 0 unspecified atom stereocenters. The molecule has 0 aliphatic rings. The fourth-order valence-corrected chi connectivity index (χ4v) is 7.26. The molecule has 0 amide bonds. The van der Waals surface area contributed by atoms with E-state index in [1.165, 1.54) is 0 Å². The largest absolute Gasteiger partial charge is 0.636 e. The average molecular weight is 234 g/mol. The summed E-state index contributed by atoms with van der Waals surface area (Å²) in [6.45, 7) is 15.1. The van der Waals surface area contributed by atoms with Gasteiger partial charge in [0.05, 0.1) is 0 Å². The minimum Gasteiger partial charge on any atom is -0.636 e. The summed E-state index contributed by atoms with van der Waals surface area (Å²) in [7, 11) is 0. The van der Waals surface area contributed by atoms with Gasteiger partial charge in [-0.2, -0.15) is 0 Å². The summed E-state index contributed by atoms with van der Waals surface area (Å²) < 4.78 is 6.20. The molecule has 0 aliphatic carbocycles. The van der Waals surface area contributed by atoms with Crippen molar-refractivity contribution in [3.63, 3.8) is 0 Å². The van der Waals surface area contributed by atoms with Crippen LogP contribution < -0.4 is 0 Å². The summed E-state index contributed by atoms with van der Waals surface area (Å²) in [5, 5.41) is 4.13. The van der Waals surface area contributed by atoms with Crippen LogP contribution in [-0.2, 0) is 2.84 Å². The van der Waals surface area contributed by atoms with Crippen molar-refractivity contribution in [2.75, 3.05) is 0 Å². The Bertz CT molecular complexity index is 172. The molecule has 0 aromatic carbocycles. The van der Waals surface area contributed by atoms with Crippen molar-refractivity contribution in [1.29, 1.82) is 0 Å². The molecule has 0 saturated heterocycles. The molecule has 0 atom stereocenters. The Balaban J connectivity index is 4.15. The molecule has 0 aromatic heterocycles. The van der Waals surface area contributed by atoms with Crippen molar-refractivity contribution < 1.29 is 2.84 Å². The Kier molecular flexibility index (Phi) is 10.5. The fourth-order valence-electron chi connectivity index (χ4n) is 1.43. The molecular weight excluding hydrogens is 214 g/mol. The van der Waals surface area contributed by atoms with E-state index in [9.17, 15) is 0 Å². The smallest absolute Gasteiger partial charge is 0.438 e. The second-order valence-electron chi connectivity index (χ2n) is 3.48. The van der Waals surface area contributed by atoms with Gasteiger partial charge in [0, 0.05) is 0 Å². The Morgan fingerprint density at radius 2 is 0.933 bits per heavy atom. The van der Waals surface area contributed by atoms with Crippen LogP contribution in [0.5, 0.6) is 0 Å². The van der Waals surface area contributed by atoms with E-state index >= 15 is 0 Å². The van der Waals surface area contributed by atoms with E-state index in [0.29, 0.717) is 0 Å². The van der Waals surface area contributed by atoms with Crippen LogP contribution in [0.2, 0.25) is 21.1 Å². The first-order chi connectivity index (χ1) is 7.28. The van der Waals surface area contributed by atoms with Crippen molar-refractivity contribution >= 4 is 29.0 Å². The van der Waals surface area contributed by atoms with E-state index in [1.807, 2.05) is 24.3 Å². The minimum atomic E-state index is -1.12. The summed E-state index contributed by atoms with van der Waals surface area (Å²) in [5.41, 5.74) is 0. The zero-order valence-electron chi connectivity index (χ0n) is 9.53. The summed E-state index contributed by atoms with van der Waals surface area (Å²) >= 11 is -2.25. The topological polar surface area (TPSA) is 9.23 Å². The molecule has 15 heavy (non-hydrogen) atoms. The molecular formula is C12H20Al2O. The van der Waals surface area contributed by atoms with Crippen molar-refractivity contribution in [1.82, 2.24) is 0 Å². The molecule has 0 aliphatic heterocycles. The predicted molar refractivity (Wildman–Crippen MR) is 72.6 cm³/mol. The van der Waals surface area contributed by atoms with Crippen LogP contribution in [-0.4, -0.2) is 29.0 Å². The average Bonchev–Trinajstić information content (AvgIpc) is 2.19. The van der Waals surface area contributed by atoms with Gasteiger partial charge in [0.1, 0.15) is 0 Å². The van der Waals surface area contributed by atoms with Gasteiger partial charge in [0.25, 0.3) is 0 Å². The van der Waals surface area contributed by atoms with Crippen molar-refractivity contribution in [3.05, 3.63) is 50.6 Å². The van der Waals surface area contributed by atoms with Crippen LogP contribution in [0.15, 0.2) is 50.6 Å². The lowest BCUT2D eigenvalue weighted by Gasteiger charge is -2.16. The zero-order chi connectivity index (χ0) is 11.5. The molecule has 3 heteroatoms. The molecule has 0 saturated carbocycles. The maximum Gasteiger partial charge on any atom is 0.438 e. The Morgan fingerprint density at radius 3 is 1.13 bits per heavy atom. The third-order valence-electron chi connectivity index (χ3n) is 2.10. The highest BCUT2D eigenvalue weighted by Gasteiger charge is 2.24. The maximum absolute atomic E-state index is 6.20. The first-order valence-electron chi connectivity index (χ1n) is 5.37. The number of rotatable bonds is 10. The lowest BCUT2D eigenvalue weighted by Crippen LogP contribution is -2.27. The van der Waals surface area contributed by atoms with Gasteiger partial charge in [-0.1, -0.05) is 21.1 Å². The number of allylic oxidation sites excluding steroid dienone is 4. The minimum absolute atomic E-state index is 1.03. The van der Waals surface area contributed by atoms with Crippen LogP contribution in [0.4, 0.5) is 0 Å². The molecule has 80 valence electrons. The molecule has 0 fully saturated rings. The summed E-state index contributed by atoms with van der Waals surface area (Å²) in [4.78, 5) is 0. The van der Waals surface area contributed by atoms with Crippen molar-refractivity contribution in [3.8, 4) is 0 Å². The van der Waals surface area contributed by atoms with Gasteiger partial charge in [-0.3, -0.25) is 0 Å². The zero-order valence-corrected chi connectivity index (χ0v) is 11.8. The Labute approximate surface area is 103 Å². The van der Waals surface area contributed by atoms with E-state index < -0.39 is 29.0 Å². The Morgan fingerprint density at radius 1 is 0.667 bits per heavy atom. The van der Waals surface area contributed by atoms with Crippen LogP contribution in [0, 0.1) is 0 Å². The van der Waals surface area contributed by atoms with Crippen LogP contribution in [0.25, 0.3) is 0 Å². The van der Waals surface area contributed by atoms with Gasteiger partial charge in [0.15, 0.2) is 0 Å². The van der Waals surface area contributed by atoms with Gasteiger partial charge in [0.2, 0.25) is 0 Å². The van der Waals surface area contributed by atoms with E-state index in [0.717, 1.165) is 21.1 Å². The third-order valence-corrected chi connectivity index (χ3v) is 8.62. The molecule has 0 radical (unpaired) electrons. The molecule has 0 aromatic rings. The van der Waals surface area contributed by atoms with E-state index in [-0.39, 0.29) is 0 Å². The molecule has 0 spiro atoms. The first kappa shape index (κ1) is 15.0. The second kappa shape index (κ2) is 10.5. The van der Waals surface area contributed by atoms with E-state index in [2.05, 4.69) is 26.3 Å². The lowest BCUT2D eigenvalue weighted by atomic mass is 10.7. The summed E-state index contributed by atoms with van der Waals surface area (Å²) in [5.74, 6) is 0. The SMILES string of the molecule is C=C[CH2][Al]([CH2]C=C)[O][Al]([CH2]C=C)[CH2]C=C. The molecule has 0 N–H and O–H groups in total. The quantitative estimate of drug-likeness (QED) is 0.413. The summed E-state index contributed by atoms with van der Waals surface area (Å²) in [6.07, 6.45) is 7.86. The van der Waals surface area contributed by atoms with Gasteiger partial charge in [-0.15, -0.1) is 50.6 Å². The summed E-state index contributed by atoms with van der Waals surface area (Å²) in [6, 6.07) is 0. The number of hydrogen-bond donors (Lipinski definition) is 0. The number of hydrogen-bond acceptors (Lipinski definition) is 1. The second-order valence-corrected chi connectivity index (χ2v) is 8.94. The van der Waals surface area contributed by atoms with Crippen LogP contribution in [0.3, 0.4) is 0 Å².